The van der Waals surface area contributed by atoms with Gasteiger partial charge in [0.25, 0.3) is 0 Å². The summed E-state index contributed by atoms with van der Waals surface area (Å²) in [5.41, 5.74) is 6.49. The largest absolute Gasteiger partial charge is 0.492 e. The van der Waals surface area contributed by atoms with Gasteiger partial charge in [0.2, 0.25) is 0 Å². The van der Waals surface area contributed by atoms with Crippen molar-refractivity contribution in [2.75, 3.05) is 32.2 Å². The number of halogens is 1. The molecule has 1 aromatic rings. The number of hydrogen-bond donors (Lipinski definition) is 2. The molecule has 0 radical (unpaired) electrons. The fraction of sp³-hybridized carbons (Fsp3) is 0.462. The van der Waals surface area contributed by atoms with Crippen molar-refractivity contribution in [3.8, 4) is 5.75 Å². The predicted octanol–water partition coefficient (Wildman–Crippen LogP) is 2.44. The molecule has 106 valence electrons. The van der Waals surface area contributed by atoms with Gasteiger partial charge in [0, 0.05) is 12.3 Å². The fourth-order valence-corrected chi connectivity index (χ4v) is 2.39. The second kappa shape index (κ2) is 9.23. The SMILES string of the molecule is CNCC(N=CN)c1ccc(OCCSC)c(Br)c1. The van der Waals surface area contributed by atoms with Crippen LogP contribution in [0, 0.1) is 0 Å². The van der Waals surface area contributed by atoms with E-state index in [0.717, 1.165) is 28.1 Å². The van der Waals surface area contributed by atoms with E-state index in [4.69, 9.17) is 10.5 Å². The van der Waals surface area contributed by atoms with Crippen LogP contribution in [0.15, 0.2) is 27.7 Å². The average molecular weight is 346 g/mol. The van der Waals surface area contributed by atoms with Gasteiger partial charge in [-0.25, -0.2) is 0 Å². The van der Waals surface area contributed by atoms with Crippen molar-refractivity contribution in [3.05, 3.63) is 28.2 Å². The second-order valence-electron chi connectivity index (χ2n) is 3.90. The number of aliphatic imine (C=N–C) groups is 1. The van der Waals surface area contributed by atoms with Gasteiger partial charge in [0.15, 0.2) is 0 Å². The molecule has 0 fully saturated rings. The molecule has 6 heteroatoms. The molecule has 4 nitrogen and oxygen atoms in total. The van der Waals surface area contributed by atoms with Crippen LogP contribution in [0.25, 0.3) is 0 Å². The zero-order valence-corrected chi connectivity index (χ0v) is 13.6. The summed E-state index contributed by atoms with van der Waals surface area (Å²) in [6.07, 6.45) is 3.41. The fourth-order valence-electron chi connectivity index (χ4n) is 1.63. The van der Waals surface area contributed by atoms with Gasteiger partial charge < -0.3 is 15.8 Å². The van der Waals surface area contributed by atoms with Gasteiger partial charge in [-0.2, -0.15) is 11.8 Å². The van der Waals surface area contributed by atoms with Crippen LogP contribution < -0.4 is 15.8 Å². The van der Waals surface area contributed by atoms with Crippen LogP contribution in [-0.2, 0) is 0 Å². The van der Waals surface area contributed by atoms with Crippen molar-refractivity contribution >= 4 is 34.0 Å². The lowest BCUT2D eigenvalue weighted by Crippen LogP contribution is -2.16. The summed E-state index contributed by atoms with van der Waals surface area (Å²) in [6.45, 7) is 1.45. The third-order valence-electron chi connectivity index (χ3n) is 2.55. The number of hydrogen-bond acceptors (Lipinski definition) is 4. The Morgan fingerprint density at radius 1 is 1.58 bits per heavy atom. The number of likely N-dealkylation sites (N-methyl/N-ethyl adjacent to an activating group) is 1. The molecule has 0 aliphatic rings. The molecule has 0 aromatic heterocycles. The van der Waals surface area contributed by atoms with E-state index in [1.54, 1.807) is 11.8 Å². The highest BCUT2D eigenvalue weighted by atomic mass is 79.9. The monoisotopic (exact) mass is 345 g/mol. The molecule has 0 aliphatic heterocycles. The molecule has 1 rings (SSSR count). The summed E-state index contributed by atoms with van der Waals surface area (Å²) < 4.78 is 6.63. The van der Waals surface area contributed by atoms with Crippen LogP contribution >= 0.6 is 27.7 Å². The lowest BCUT2D eigenvalue weighted by Gasteiger charge is -2.14. The lowest BCUT2D eigenvalue weighted by atomic mass is 10.1. The quantitative estimate of drug-likeness (QED) is 0.431. The molecule has 0 spiro atoms. The zero-order valence-electron chi connectivity index (χ0n) is 11.2. The summed E-state index contributed by atoms with van der Waals surface area (Å²) in [5.74, 6) is 1.84. The van der Waals surface area contributed by atoms with Crippen LogP contribution in [0.5, 0.6) is 5.75 Å². The highest BCUT2D eigenvalue weighted by Crippen LogP contribution is 2.29. The van der Waals surface area contributed by atoms with Gasteiger partial charge >= 0.3 is 0 Å². The second-order valence-corrected chi connectivity index (χ2v) is 5.74. The number of nitrogens with two attached hydrogens (primary N) is 1. The maximum atomic E-state index is 5.69. The van der Waals surface area contributed by atoms with E-state index in [9.17, 15) is 0 Å². The molecule has 19 heavy (non-hydrogen) atoms. The predicted molar refractivity (Wildman–Crippen MR) is 87.4 cm³/mol. The number of rotatable bonds is 8. The van der Waals surface area contributed by atoms with E-state index in [0.29, 0.717) is 6.61 Å². The van der Waals surface area contributed by atoms with Crippen LogP contribution in [0.3, 0.4) is 0 Å². The molecule has 3 N–H and O–H groups in total. The van der Waals surface area contributed by atoms with E-state index in [1.165, 1.54) is 6.34 Å². The number of nitrogens with one attached hydrogen (secondary N) is 1. The van der Waals surface area contributed by atoms with Crippen LogP contribution in [0.4, 0.5) is 0 Å². The van der Waals surface area contributed by atoms with Gasteiger partial charge in [0.1, 0.15) is 5.75 Å². The van der Waals surface area contributed by atoms with Crippen LogP contribution in [-0.4, -0.2) is 38.5 Å². The molecular weight excluding hydrogens is 326 g/mol. The Morgan fingerprint density at radius 3 is 2.95 bits per heavy atom. The topological polar surface area (TPSA) is 59.6 Å². The zero-order chi connectivity index (χ0) is 14.1. The standard InChI is InChI=1S/C13H20BrN3OS/c1-16-8-12(17-9-15)10-3-4-13(11(14)7-10)18-5-6-19-2/h3-4,7,9,12,16H,5-6,8H2,1-2H3,(H2,15,17). The van der Waals surface area contributed by atoms with Crippen molar-refractivity contribution in [1.82, 2.24) is 5.32 Å². The summed E-state index contributed by atoms with van der Waals surface area (Å²) in [4.78, 5) is 4.26. The number of thioether (sulfide) groups is 1. The molecule has 1 unspecified atom stereocenters. The Labute approximate surface area is 127 Å². The maximum absolute atomic E-state index is 5.69. The smallest absolute Gasteiger partial charge is 0.133 e. The number of ether oxygens (including phenoxy) is 1. The molecule has 0 heterocycles. The molecule has 0 bridgehead atoms. The van der Waals surface area contributed by atoms with Crippen molar-refractivity contribution in [3.63, 3.8) is 0 Å². The number of nitrogens with zero attached hydrogens (tertiary/aromatic N) is 1. The molecule has 0 aliphatic carbocycles. The van der Waals surface area contributed by atoms with Gasteiger partial charge in [-0.3, -0.25) is 4.99 Å². The van der Waals surface area contributed by atoms with Gasteiger partial charge in [-0.1, -0.05) is 6.07 Å². The first kappa shape index (κ1) is 16.3. The molecule has 1 atom stereocenters. The van der Waals surface area contributed by atoms with Gasteiger partial charge in [-0.15, -0.1) is 0 Å². The van der Waals surface area contributed by atoms with E-state index >= 15 is 0 Å². The highest BCUT2D eigenvalue weighted by molar-refractivity contribution is 9.10. The van der Waals surface area contributed by atoms with Crippen molar-refractivity contribution in [2.45, 2.75) is 6.04 Å². The van der Waals surface area contributed by atoms with Crippen molar-refractivity contribution in [2.24, 2.45) is 10.7 Å². The summed E-state index contributed by atoms with van der Waals surface area (Å²) >= 11 is 5.30. The molecule has 0 saturated carbocycles. The average Bonchev–Trinajstić information content (AvgIpc) is 2.40. The lowest BCUT2D eigenvalue weighted by molar-refractivity contribution is 0.341. The molecule has 0 saturated heterocycles. The summed E-state index contributed by atoms with van der Waals surface area (Å²) in [6, 6.07) is 6.04. The minimum absolute atomic E-state index is 0.0200. The summed E-state index contributed by atoms with van der Waals surface area (Å²) in [5, 5.41) is 3.11. The van der Waals surface area contributed by atoms with Crippen LogP contribution in [0.1, 0.15) is 11.6 Å². The first-order valence-corrected chi connectivity index (χ1v) is 8.20. The third-order valence-corrected chi connectivity index (χ3v) is 3.74. The van der Waals surface area contributed by atoms with E-state index in [2.05, 4.69) is 32.5 Å². The molecule has 1 aromatic carbocycles. The van der Waals surface area contributed by atoms with Crippen molar-refractivity contribution in [1.29, 1.82) is 0 Å². The Bertz CT molecular complexity index is 415. The number of benzene rings is 1. The highest BCUT2D eigenvalue weighted by Gasteiger charge is 2.11. The normalized spacial score (nSPS) is 12.8. The Balaban J connectivity index is 2.78. The maximum Gasteiger partial charge on any atom is 0.133 e. The Morgan fingerprint density at radius 2 is 2.37 bits per heavy atom. The first-order chi connectivity index (χ1) is 9.22. The van der Waals surface area contributed by atoms with Crippen LogP contribution in [0.2, 0.25) is 0 Å². The minimum Gasteiger partial charge on any atom is -0.492 e. The first-order valence-electron chi connectivity index (χ1n) is 6.02. The van der Waals surface area contributed by atoms with Crippen molar-refractivity contribution < 1.29 is 4.74 Å². The van der Waals surface area contributed by atoms with E-state index in [1.807, 2.05) is 25.2 Å². The third kappa shape index (κ3) is 5.42. The minimum atomic E-state index is 0.0200. The Kier molecular flexibility index (Phi) is 7.93. The molecular formula is C13H20BrN3OS. The van der Waals surface area contributed by atoms with E-state index in [-0.39, 0.29) is 6.04 Å². The Hall–Kier alpha value is -0.720. The summed E-state index contributed by atoms with van der Waals surface area (Å²) in [7, 11) is 1.90. The van der Waals surface area contributed by atoms with E-state index < -0.39 is 0 Å². The van der Waals surface area contributed by atoms with Gasteiger partial charge in [-0.05, 0) is 46.9 Å². The molecule has 0 amide bonds. The van der Waals surface area contributed by atoms with Gasteiger partial charge in [0.05, 0.1) is 23.5 Å².